The summed E-state index contributed by atoms with van der Waals surface area (Å²) in [5, 5.41) is 5.06. The van der Waals surface area contributed by atoms with Gasteiger partial charge in [-0.25, -0.2) is 9.97 Å². The lowest BCUT2D eigenvalue weighted by molar-refractivity contribution is -0.124. The molecule has 0 radical (unpaired) electrons. The molecule has 532 valence electrons. The molecule has 0 fully saturated rings. The van der Waals surface area contributed by atoms with Gasteiger partial charge in [-0.3, -0.25) is 28.9 Å². The number of ketones is 2. The number of H-pyrrole nitrogens is 2. The number of hydrogen-bond acceptors (Lipinski definition) is 10. The fourth-order valence-corrected chi connectivity index (χ4v) is 14.7. The molecule has 3 amide bonds. The van der Waals surface area contributed by atoms with Crippen LogP contribution in [0.4, 0.5) is 11.6 Å². The standard InChI is InChI=1S/C29H35N3OS.C23H25N3S.C22H23NO3.C14H20O/c1-8-29(6,7)28(33)32-26-25(27-31-23-11-9-10-12-24(23)34-27)22(16-30-26)20-14-13-19(17(2)3)15-21(20)18(4)5;1-13(2)15-9-10-16(17(11-15)14(3)4)18-12-25-22(24)21(18)23-26-19-7-5-6-8-20(19)27-23;1-13(2)15-9-10-16(19(11-15)14(3)4)20(24)12-23-21(25)17-7-5-6-8-18(17)22(23)26;1-9(2)12-6-7-13(11(5)15)14(8-12)10(3)4/h9-18,30H,8H2,1-7H3,(H,32,33);5-14,25H,24H2,1-4H3;5-11,13-14H,12H2,1-4H3;6-10H,1-5H3. The Morgan fingerprint density at radius 2 is 0.853 bits per heavy atom. The first-order valence-electron chi connectivity index (χ1n) is 36.1. The van der Waals surface area contributed by atoms with Crippen molar-refractivity contribution in [2.75, 3.05) is 17.6 Å². The fourth-order valence-electron chi connectivity index (χ4n) is 12.6. The van der Waals surface area contributed by atoms with Crippen LogP contribution in [0.1, 0.15) is 278 Å². The zero-order valence-corrected chi connectivity index (χ0v) is 65.0. The molecule has 0 aliphatic carbocycles. The number of thiazole rings is 2. The van der Waals surface area contributed by atoms with Crippen LogP contribution in [-0.4, -0.2) is 60.7 Å². The molecule has 0 spiro atoms. The summed E-state index contributed by atoms with van der Waals surface area (Å²) in [5.74, 6) is 3.78. The number of Topliss-reactive ketones (excluding diaryl/α,β-unsaturated/α-hetero) is 2. The van der Waals surface area contributed by atoms with Gasteiger partial charge in [0.2, 0.25) is 5.91 Å². The highest BCUT2D eigenvalue weighted by Crippen LogP contribution is 2.46. The topological polar surface area (TPSA) is 184 Å². The highest BCUT2D eigenvalue weighted by atomic mass is 32.1. The van der Waals surface area contributed by atoms with E-state index in [2.05, 4.69) is 185 Å². The average Bonchev–Trinajstić information content (AvgIpc) is 1.62. The van der Waals surface area contributed by atoms with Crippen LogP contribution in [0, 0.1) is 5.41 Å². The summed E-state index contributed by atoms with van der Waals surface area (Å²) in [7, 11) is 0. The number of amides is 3. The van der Waals surface area contributed by atoms with Crippen molar-refractivity contribution in [2.24, 2.45) is 5.41 Å². The lowest BCUT2D eigenvalue weighted by atomic mass is 9.88. The third kappa shape index (κ3) is 17.1. The van der Waals surface area contributed by atoms with E-state index in [-0.39, 0.29) is 29.9 Å². The number of benzene rings is 7. The highest BCUT2D eigenvalue weighted by molar-refractivity contribution is 7.22. The molecule has 4 aromatic heterocycles. The van der Waals surface area contributed by atoms with Gasteiger partial charge < -0.3 is 21.0 Å². The Morgan fingerprint density at radius 3 is 1.27 bits per heavy atom. The monoisotopic (exact) mass is 1400 g/mol. The van der Waals surface area contributed by atoms with Crippen molar-refractivity contribution in [2.45, 2.75) is 192 Å². The zero-order valence-electron chi connectivity index (χ0n) is 63.3. The molecule has 0 saturated heterocycles. The summed E-state index contributed by atoms with van der Waals surface area (Å²) >= 11 is 3.35. The van der Waals surface area contributed by atoms with Gasteiger partial charge in [-0.05, 0) is 153 Å². The van der Waals surface area contributed by atoms with Crippen molar-refractivity contribution in [3.8, 4) is 43.4 Å². The number of imide groups is 1. The van der Waals surface area contributed by atoms with Crippen LogP contribution >= 0.6 is 22.7 Å². The van der Waals surface area contributed by atoms with Gasteiger partial charge in [-0.1, -0.05) is 241 Å². The van der Waals surface area contributed by atoms with Gasteiger partial charge in [0.15, 0.2) is 11.6 Å². The van der Waals surface area contributed by atoms with Crippen LogP contribution < -0.4 is 11.1 Å². The number of carbonyl (C=O) groups is 5. The Labute approximate surface area is 612 Å². The molecule has 1 aliphatic rings. The molecular weight excluding hydrogens is 1300 g/mol. The summed E-state index contributed by atoms with van der Waals surface area (Å²) in [6.07, 6.45) is 4.80. The molecule has 1 aliphatic heterocycles. The van der Waals surface area contributed by atoms with E-state index < -0.39 is 17.2 Å². The quantitative estimate of drug-likeness (QED) is 0.0455. The molecule has 14 heteroatoms. The molecule has 5 N–H and O–H groups in total. The Kier molecular flexibility index (Phi) is 24.6. The number of aromatic amines is 2. The molecule has 12 nitrogen and oxygen atoms in total. The number of fused-ring (bicyclic) bond motifs is 3. The van der Waals surface area contributed by atoms with Gasteiger partial charge >= 0.3 is 0 Å². The number of para-hydroxylation sites is 2. The van der Waals surface area contributed by atoms with Crippen molar-refractivity contribution in [3.63, 3.8) is 0 Å². The molecule has 12 rings (SSSR count). The van der Waals surface area contributed by atoms with E-state index in [0.717, 1.165) is 70.5 Å². The summed E-state index contributed by atoms with van der Waals surface area (Å²) < 4.78 is 2.31. The second kappa shape index (κ2) is 32.7. The number of carbonyl (C=O) groups excluding carboxylic acids is 5. The first-order chi connectivity index (χ1) is 48.3. The number of hydrogen-bond donors (Lipinski definition) is 4. The molecule has 7 aromatic carbocycles. The SMILES string of the molecule is CC(=O)c1ccc(C(C)C)cc1C(C)C.CC(C)c1ccc(-c2c[nH]c(N)c2-c2nc3ccccc3s2)c(C(C)C)c1.CC(C)c1ccc(C(=O)CN2C(=O)c3ccccc3C2=O)c(C(C)C)c1.CCC(C)(C)C(=O)Nc1[nH]cc(-c2ccc(C(C)C)cc2C(C)C)c1-c1nc2ccccc2s1. The van der Waals surface area contributed by atoms with Crippen molar-refractivity contribution in [3.05, 3.63) is 225 Å². The number of anilines is 2. The van der Waals surface area contributed by atoms with Gasteiger partial charge in [0.1, 0.15) is 21.7 Å². The largest absolute Gasteiger partial charge is 0.385 e. The van der Waals surface area contributed by atoms with Gasteiger partial charge in [0.25, 0.3) is 11.8 Å². The second-order valence-corrected chi connectivity index (χ2v) is 32.0. The molecule has 5 heterocycles. The average molecular weight is 1400 g/mol. The van der Waals surface area contributed by atoms with Crippen molar-refractivity contribution in [1.82, 2.24) is 24.8 Å². The van der Waals surface area contributed by atoms with Gasteiger partial charge in [-0.2, -0.15) is 0 Å². The molecule has 102 heavy (non-hydrogen) atoms. The summed E-state index contributed by atoms with van der Waals surface area (Å²) in [4.78, 5) is 79.9. The number of rotatable bonds is 19. The van der Waals surface area contributed by atoms with Crippen molar-refractivity contribution in [1.29, 1.82) is 0 Å². The third-order valence-corrected chi connectivity index (χ3v) is 21.5. The third-order valence-electron chi connectivity index (χ3n) is 19.4. The minimum Gasteiger partial charge on any atom is -0.385 e. The molecule has 0 atom stereocenters. The maximum Gasteiger partial charge on any atom is 0.261 e. The first-order valence-corrected chi connectivity index (χ1v) is 37.7. The van der Waals surface area contributed by atoms with Gasteiger partial charge in [0, 0.05) is 40.1 Å². The lowest BCUT2D eigenvalue weighted by Crippen LogP contribution is -2.35. The maximum atomic E-state index is 13.1. The molecular formula is C88H103N7O5S2. The predicted molar refractivity (Wildman–Crippen MR) is 429 cm³/mol. The second-order valence-electron chi connectivity index (χ2n) is 30.0. The summed E-state index contributed by atoms with van der Waals surface area (Å²) in [6, 6.07) is 48.7. The normalized spacial score (nSPS) is 12.3. The van der Waals surface area contributed by atoms with Crippen LogP contribution in [0.2, 0.25) is 0 Å². The van der Waals surface area contributed by atoms with E-state index in [4.69, 9.17) is 15.7 Å². The van der Waals surface area contributed by atoms with Crippen LogP contribution in [0.3, 0.4) is 0 Å². The Balaban J connectivity index is 0.000000163. The number of aromatic nitrogens is 4. The van der Waals surface area contributed by atoms with E-state index in [1.807, 2.05) is 95.5 Å². The van der Waals surface area contributed by atoms with Crippen LogP contribution in [0.25, 0.3) is 63.8 Å². The number of nitrogens with one attached hydrogen (secondary N) is 3. The number of nitrogens with zero attached hydrogens (tertiary/aromatic N) is 3. The maximum absolute atomic E-state index is 13.1. The van der Waals surface area contributed by atoms with E-state index in [9.17, 15) is 24.0 Å². The minimum absolute atomic E-state index is 0.00463. The Morgan fingerprint density at radius 1 is 0.471 bits per heavy atom. The predicted octanol–water partition coefficient (Wildman–Crippen LogP) is 23.9. The lowest BCUT2D eigenvalue weighted by Gasteiger charge is -2.21. The van der Waals surface area contributed by atoms with Crippen LogP contribution in [0.15, 0.2) is 158 Å². The zero-order chi connectivity index (χ0) is 74.3. The summed E-state index contributed by atoms with van der Waals surface area (Å²) in [6.45, 7) is 42.2. The van der Waals surface area contributed by atoms with Crippen LogP contribution in [0.5, 0.6) is 0 Å². The van der Waals surface area contributed by atoms with E-state index in [1.54, 1.807) is 53.9 Å². The Bertz CT molecular complexity index is 4750. The van der Waals surface area contributed by atoms with E-state index in [0.29, 0.717) is 69.8 Å². The number of nitrogens with two attached hydrogens (primary N) is 1. The highest BCUT2D eigenvalue weighted by Gasteiger charge is 2.37. The molecule has 0 saturated carbocycles. The smallest absolute Gasteiger partial charge is 0.261 e. The summed E-state index contributed by atoms with van der Waals surface area (Å²) in [5.41, 5.74) is 26.6. The van der Waals surface area contributed by atoms with E-state index in [1.165, 1.54) is 54.8 Å². The fraction of sp³-hybridized carbons (Fsp3) is 0.352. The molecule has 0 bridgehead atoms. The minimum atomic E-state index is -0.460. The van der Waals surface area contributed by atoms with E-state index >= 15 is 0 Å². The first kappa shape index (κ1) is 76.8. The van der Waals surface area contributed by atoms with Crippen molar-refractivity contribution >= 4 is 84.0 Å². The number of nitrogen functional groups attached to an aromatic ring is 1. The van der Waals surface area contributed by atoms with Crippen molar-refractivity contribution < 1.29 is 24.0 Å². The molecule has 0 unspecified atom stereocenters. The van der Waals surface area contributed by atoms with Gasteiger partial charge in [-0.15, -0.1) is 22.7 Å². The molecule has 11 aromatic rings. The van der Waals surface area contributed by atoms with Gasteiger partial charge in [0.05, 0.1) is 49.2 Å². The Hall–Kier alpha value is -9.37. The van der Waals surface area contributed by atoms with Crippen LogP contribution in [-0.2, 0) is 4.79 Å².